The van der Waals surface area contributed by atoms with Gasteiger partial charge in [-0.3, -0.25) is 19.9 Å². The van der Waals surface area contributed by atoms with Gasteiger partial charge >= 0.3 is 0 Å². The molecule has 140 valence electrons. The van der Waals surface area contributed by atoms with Gasteiger partial charge in [0.1, 0.15) is 5.84 Å². The lowest BCUT2D eigenvalue weighted by Gasteiger charge is -2.25. The number of hydrogen-bond acceptors (Lipinski definition) is 5. The lowest BCUT2D eigenvalue weighted by molar-refractivity contribution is -0.384. The van der Waals surface area contributed by atoms with Crippen molar-refractivity contribution in [2.45, 2.75) is 32.6 Å². The maximum atomic E-state index is 12.9. The van der Waals surface area contributed by atoms with Gasteiger partial charge in [-0.15, -0.1) is 0 Å². The number of aryl methyl sites for hydroxylation is 1. The van der Waals surface area contributed by atoms with Gasteiger partial charge in [0, 0.05) is 36.3 Å². The summed E-state index contributed by atoms with van der Waals surface area (Å²) in [6.45, 7) is 2.87. The van der Waals surface area contributed by atoms with Crippen LogP contribution in [0.2, 0.25) is 0 Å². The third-order valence-corrected chi connectivity index (χ3v) is 4.68. The minimum Gasteiger partial charge on any atom is -0.322 e. The molecule has 1 heterocycles. The van der Waals surface area contributed by atoms with Crippen LogP contribution in [0.25, 0.3) is 0 Å². The highest BCUT2D eigenvalue weighted by molar-refractivity contribution is 6.07. The van der Waals surface area contributed by atoms with Gasteiger partial charge in [-0.2, -0.15) is 0 Å². The van der Waals surface area contributed by atoms with Gasteiger partial charge in [-0.25, -0.2) is 0 Å². The number of ketones is 1. The van der Waals surface area contributed by atoms with Crippen molar-refractivity contribution in [2.24, 2.45) is 4.99 Å². The fourth-order valence-corrected chi connectivity index (χ4v) is 3.22. The number of non-ortho nitro benzene ring substituents is 1. The van der Waals surface area contributed by atoms with Crippen molar-refractivity contribution in [3.8, 4) is 0 Å². The van der Waals surface area contributed by atoms with Crippen LogP contribution < -0.4 is 4.90 Å². The number of nitrogens with zero attached hydrogens (tertiary/aromatic N) is 3. The van der Waals surface area contributed by atoms with E-state index < -0.39 is 4.92 Å². The zero-order chi connectivity index (χ0) is 19.2. The van der Waals surface area contributed by atoms with Crippen molar-refractivity contribution in [1.82, 2.24) is 0 Å². The van der Waals surface area contributed by atoms with Crippen molar-refractivity contribution in [1.29, 1.82) is 0 Å². The highest BCUT2D eigenvalue weighted by atomic mass is 16.6. The van der Waals surface area contributed by atoms with Crippen molar-refractivity contribution in [3.63, 3.8) is 0 Å². The van der Waals surface area contributed by atoms with Crippen LogP contribution in [0.15, 0.2) is 53.5 Å². The van der Waals surface area contributed by atoms with Gasteiger partial charge in [0.15, 0.2) is 5.78 Å². The highest BCUT2D eigenvalue weighted by Gasteiger charge is 2.20. The van der Waals surface area contributed by atoms with Crippen LogP contribution in [-0.2, 0) is 0 Å². The van der Waals surface area contributed by atoms with E-state index in [-0.39, 0.29) is 18.0 Å². The lowest BCUT2D eigenvalue weighted by Crippen LogP contribution is -2.36. The fraction of sp³-hybridized carbons (Fsp3) is 0.333. The smallest absolute Gasteiger partial charge is 0.269 e. The van der Waals surface area contributed by atoms with Crippen LogP contribution in [0.5, 0.6) is 0 Å². The number of rotatable bonds is 5. The molecule has 0 aliphatic carbocycles. The van der Waals surface area contributed by atoms with Crippen molar-refractivity contribution in [3.05, 3.63) is 69.8 Å². The van der Waals surface area contributed by atoms with Crippen LogP contribution in [0, 0.1) is 17.0 Å². The van der Waals surface area contributed by atoms with Gasteiger partial charge in [0.2, 0.25) is 0 Å². The molecule has 0 saturated heterocycles. The molecule has 0 spiro atoms. The molecule has 0 bridgehead atoms. The SMILES string of the molecule is Cc1cccc(C(=O)CN(C2=NCCCCC2)c2ccc([N+](=O)[O-])cc2)c1. The van der Waals surface area contributed by atoms with Crippen molar-refractivity contribution >= 4 is 23.0 Å². The first-order valence-corrected chi connectivity index (χ1v) is 9.20. The van der Waals surface area contributed by atoms with Gasteiger partial charge in [-0.05, 0) is 38.0 Å². The van der Waals surface area contributed by atoms with E-state index in [9.17, 15) is 14.9 Å². The molecular weight excluding hydrogens is 342 g/mol. The number of nitro groups is 1. The summed E-state index contributed by atoms with van der Waals surface area (Å²) < 4.78 is 0. The molecule has 27 heavy (non-hydrogen) atoms. The number of carbonyl (C=O) groups excluding carboxylic acids is 1. The maximum Gasteiger partial charge on any atom is 0.269 e. The number of aliphatic imine (C=N–C) groups is 1. The number of carbonyl (C=O) groups is 1. The van der Waals surface area contributed by atoms with Gasteiger partial charge in [0.25, 0.3) is 5.69 Å². The minimum absolute atomic E-state index is 0.00370. The maximum absolute atomic E-state index is 12.9. The van der Waals surface area contributed by atoms with Crippen LogP contribution in [0.4, 0.5) is 11.4 Å². The molecule has 1 aliphatic rings. The summed E-state index contributed by atoms with van der Waals surface area (Å²) in [5.74, 6) is 0.881. The first kappa shape index (κ1) is 18.8. The molecule has 1 aliphatic heterocycles. The van der Waals surface area contributed by atoms with Crippen LogP contribution in [0.3, 0.4) is 0 Å². The molecule has 0 unspecified atom stereocenters. The number of nitro benzene ring substituents is 1. The summed E-state index contributed by atoms with van der Waals surface area (Å²) >= 11 is 0. The number of anilines is 1. The molecular formula is C21H23N3O3. The molecule has 0 aromatic heterocycles. The van der Waals surface area contributed by atoms with Gasteiger partial charge in [-0.1, -0.05) is 30.2 Å². The van der Waals surface area contributed by atoms with E-state index in [1.165, 1.54) is 12.1 Å². The highest BCUT2D eigenvalue weighted by Crippen LogP contribution is 2.23. The zero-order valence-electron chi connectivity index (χ0n) is 15.4. The molecule has 2 aromatic carbocycles. The van der Waals surface area contributed by atoms with Crippen LogP contribution >= 0.6 is 0 Å². The predicted molar refractivity (Wildman–Crippen MR) is 107 cm³/mol. The summed E-state index contributed by atoms with van der Waals surface area (Å²) in [6, 6.07) is 13.9. The van der Waals surface area contributed by atoms with E-state index in [1.54, 1.807) is 12.1 Å². The standard InChI is InChI=1S/C21H23N3O3/c1-16-6-5-7-17(14-16)20(25)15-23(21-8-3-2-4-13-22-21)18-9-11-19(12-10-18)24(26)27/h5-7,9-12,14H,2-4,8,13,15H2,1H3. The summed E-state index contributed by atoms with van der Waals surface area (Å²) in [5, 5.41) is 10.9. The minimum atomic E-state index is -0.421. The lowest BCUT2D eigenvalue weighted by atomic mass is 10.1. The monoisotopic (exact) mass is 365 g/mol. The van der Waals surface area contributed by atoms with Crippen molar-refractivity contribution in [2.75, 3.05) is 18.0 Å². The van der Waals surface area contributed by atoms with E-state index in [2.05, 4.69) is 4.99 Å². The molecule has 6 heteroatoms. The fourth-order valence-electron chi connectivity index (χ4n) is 3.22. The van der Waals surface area contributed by atoms with E-state index >= 15 is 0 Å². The molecule has 0 fully saturated rings. The Morgan fingerprint density at radius 3 is 2.63 bits per heavy atom. The second-order valence-electron chi connectivity index (χ2n) is 6.76. The average Bonchev–Trinajstić information content (AvgIpc) is 2.95. The topological polar surface area (TPSA) is 75.8 Å². The van der Waals surface area contributed by atoms with E-state index in [0.717, 1.165) is 49.3 Å². The molecule has 2 aromatic rings. The van der Waals surface area contributed by atoms with Crippen molar-refractivity contribution < 1.29 is 9.72 Å². The molecule has 0 saturated carbocycles. The molecule has 3 rings (SSSR count). The molecule has 6 nitrogen and oxygen atoms in total. The second-order valence-corrected chi connectivity index (χ2v) is 6.76. The Bertz CT molecular complexity index is 859. The second kappa shape index (κ2) is 8.58. The third kappa shape index (κ3) is 4.78. The Hall–Kier alpha value is -3.02. The predicted octanol–water partition coefficient (Wildman–Crippen LogP) is 4.57. The Labute approximate surface area is 158 Å². The average molecular weight is 365 g/mol. The zero-order valence-corrected chi connectivity index (χ0v) is 15.4. The molecule has 0 amide bonds. The van der Waals surface area contributed by atoms with E-state index in [1.807, 2.05) is 36.1 Å². The first-order chi connectivity index (χ1) is 13.0. The number of benzene rings is 2. The number of amidine groups is 1. The third-order valence-electron chi connectivity index (χ3n) is 4.68. The molecule has 0 N–H and O–H groups in total. The Balaban J connectivity index is 1.90. The molecule has 0 atom stereocenters. The summed E-state index contributed by atoms with van der Waals surface area (Å²) in [4.78, 5) is 30.0. The number of Topliss-reactive ketones (excluding diaryl/α,β-unsaturated/α-hetero) is 1. The van der Waals surface area contributed by atoms with Gasteiger partial charge < -0.3 is 4.90 Å². The largest absolute Gasteiger partial charge is 0.322 e. The Morgan fingerprint density at radius 1 is 1.15 bits per heavy atom. The first-order valence-electron chi connectivity index (χ1n) is 9.20. The van der Waals surface area contributed by atoms with Gasteiger partial charge in [0.05, 0.1) is 11.5 Å². The van der Waals surface area contributed by atoms with Crippen LogP contribution in [-0.4, -0.2) is 29.6 Å². The Kier molecular flexibility index (Phi) is 5.96. The number of hydrogen-bond donors (Lipinski definition) is 0. The van der Waals surface area contributed by atoms with E-state index in [4.69, 9.17) is 0 Å². The quantitative estimate of drug-likeness (QED) is 0.442. The normalized spacial score (nSPS) is 14.2. The molecule has 0 radical (unpaired) electrons. The summed E-state index contributed by atoms with van der Waals surface area (Å²) in [7, 11) is 0. The van der Waals surface area contributed by atoms with Crippen LogP contribution in [0.1, 0.15) is 41.6 Å². The van der Waals surface area contributed by atoms with E-state index in [0.29, 0.717) is 5.56 Å². The summed E-state index contributed by atoms with van der Waals surface area (Å²) in [6.07, 6.45) is 4.00. The summed E-state index contributed by atoms with van der Waals surface area (Å²) in [5.41, 5.74) is 2.49. The Morgan fingerprint density at radius 2 is 1.93 bits per heavy atom.